The molecule has 2 heterocycles. The van der Waals surface area contributed by atoms with E-state index in [1.54, 1.807) is 19.1 Å². The van der Waals surface area contributed by atoms with Crippen LogP contribution in [0.25, 0.3) is 21.9 Å². The highest BCUT2D eigenvalue weighted by Crippen LogP contribution is 2.39. The number of benzene rings is 2. The quantitative estimate of drug-likeness (QED) is 0.0754. The third-order valence-electron chi connectivity index (χ3n) is 7.06. The number of alkyl halides is 1. The number of hydrogen-bond acceptors (Lipinski definition) is 7. The first-order valence-electron chi connectivity index (χ1n) is 14.4. The Balaban J connectivity index is 1.54. The molecule has 0 saturated heterocycles. The number of halogens is 1. The number of anilines is 1. The van der Waals surface area contributed by atoms with Gasteiger partial charge in [0.05, 0.1) is 11.0 Å². The summed E-state index contributed by atoms with van der Waals surface area (Å²) in [4.78, 5) is 39.2. The highest BCUT2D eigenvalue weighted by molar-refractivity contribution is 7.46. The van der Waals surface area contributed by atoms with Crippen molar-refractivity contribution in [3.63, 3.8) is 0 Å². The van der Waals surface area contributed by atoms with Crippen LogP contribution >= 0.6 is 19.4 Å². The highest BCUT2D eigenvalue weighted by Gasteiger charge is 2.20. The van der Waals surface area contributed by atoms with E-state index in [9.17, 15) is 19.1 Å². The van der Waals surface area contributed by atoms with Gasteiger partial charge in [0.15, 0.2) is 5.82 Å². The first-order chi connectivity index (χ1) is 20.6. The van der Waals surface area contributed by atoms with Gasteiger partial charge in [0, 0.05) is 38.1 Å². The molecule has 2 aromatic heterocycles. The number of aromatic nitrogens is 3. The molecule has 0 saturated carbocycles. The van der Waals surface area contributed by atoms with Gasteiger partial charge in [-0.25, -0.2) is 14.5 Å². The van der Waals surface area contributed by atoms with E-state index < -0.39 is 7.82 Å². The number of phosphoric acid groups is 1. The van der Waals surface area contributed by atoms with Crippen molar-refractivity contribution in [3.05, 3.63) is 58.9 Å². The summed E-state index contributed by atoms with van der Waals surface area (Å²) in [5, 5.41) is 3.67. The van der Waals surface area contributed by atoms with Gasteiger partial charge in [0.1, 0.15) is 23.0 Å². The van der Waals surface area contributed by atoms with Gasteiger partial charge < -0.3 is 24.9 Å². The second kappa shape index (κ2) is 15.0. The lowest BCUT2D eigenvalue weighted by Gasteiger charge is -2.14. The molecule has 0 radical (unpaired) electrons. The molecule has 0 spiro atoms. The number of rotatable bonds is 16. The number of imidazole rings is 1. The van der Waals surface area contributed by atoms with Crippen LogP contribution in [0.3, 0.4) is 0 Å². The Labute approximate surface area is 256 Å². The Bertz CT molecular complexity index is 1620. The summed E-state index contributed by atoms with van der Waals surface area (Å²) >= 11 is 5.47. The molecule has 0 aliphatic heterocycles. The van der Waals surface area contributed by atoms with Crippen LogP contribution in [0.15, 0.2) is 36.4 Å². The monoisotopic (exact) mass is 631 g/mol. The molecule has 1 amide bonds. The molecule has 4 aromatic rings. The molecule has 0 fully saturated rings. The van der Waals surface area contributed by atoms with Crippen molar-refractivity contribution in [1.82, 2.24) is 19.9 Å². The summed E-state index contributed by atoms with van der Waals surface area (Å²) in [6.07, 6.45) is 5.16. The molecule has 0 aliphatic carbocycles. The van der Waals surface area contributed by atoms with Crippen LogP contribution in [0.2, 0.25) is 0 Å². The molecule has 2 aromatic carbocycles. The Hall–Kier alpha value is -3.21. The fraction of sp³-hybridized carbons (Fsp3) is 0.433. The minimum atomic E-state index is -4.66. The van der Waals surface area contributed by atoms with Crippen LogP contribution in [0.4, 0.5) is 5.82 Å². The second-order valence-electron chi connectivity index (χ2n) is 10.5. The maximum absolute atomic E-state index is 11.3. The van der Waals surface area contributed by atoms with Crippen molar-refractivity contribution in [2.45, 2.75) is 58.9 Å². The van der Waals surface area contributed by atoms with E-state index in [4.69, 9.17) is 36.6 Å². The average Bonchev–Trinajstić information content (AvgIpc) is 3.32. The number of hydrogen-bond donors (Lipinski definition) is 4. The zero-order valence-corrected chi connectivity index (χ0v) is 26.2. The average molecular weight is 632 g/mol. The second-order valence-corrected chi connectivity index (χ2v) is 11.9. The van der Waals surface area contributed by atoms with Crippen LogP contribution in [0, 0.1) is 6.92 Å². The number of ether oxygens (including phenoxy) is 1. The van der Waals surface area contributed by atoms with Gasteiger partial charge >= 0.3 is 7.82 Å². The number of nitrogens with one attached hydrogen (secondary N) is 1. The topological polar surface area (TPSA) is 162 Å². The largest absolute Gasteiger partial charge is 0.524 e. The molecule has 11 nitrogen and oxygen atoms in total. The summed E-state index contributed by atoms with van der Waals surface area (Å²) in [5.74, 6) is 1.22. The highest BCUT2D eigenvalue weighted by atomic mass is 35.5. The van der Waals surface area contributed by atoms with E-state index in [0.29, 0.717) is 43.2 Å². The minimum Gasteiger partial charge on any atom is -0.404 e. The van der Waals surface area contributed by atoms with Gasteiger partial charge in [-0.05, 0) is 61.4 Å². The van der Waals surface area contributed by atoms with Crippen molar-refractivity contribution in [2.24, 2.45) is 0 Å². The Kier molecular flexibility index (Phi) is 11.4. The van der Waals surface area contributed by atoms with Gasteiger partial charge in [-0.3, -0.25) is 14.6 Å². The standard InChI is InChI=1S/C30H39ClN5O6P/c1-3-4-8-26-35-28-29(36(26)19-22-10-12-25(20(2)16-22)42-43(38,39)40)23-11-9-21(17-24(23)34-30(28)32)7-5-14-41-15-6-13-33-27(37)18-31/h9-12,16-17H,3-8,13-15,18-19H2,1-2H3,(H2,32,34)(H,33,37)(H2,38,39,40). The lowest BCUT2D eigenvalue weighted by molar-refractivity contribution is -0.118. The van der Waals surface area contributed by atoms with E-state index in [1.807, 2.05) is 6.07 Å². The number of nitrogen functional groups attached to an aromatic ring is 1. The first-order valence-corrected chi connectivity index (χ1v) is 16.5. The number of aryl methyl sites for hydroxylation is 3. The van der Waals surface area contributed by atoms with Crippen molar-refractivity contribution < 1.29 is 28.4 Å². The van der Waals surface area contributed by atoms with E-state index in [2.05, 4.69) is 35.0 Å². The number of pyridine rings is 1. The SMILES string of the molecule is CCCCc1nc2c(N)nc3cc(CCCOCCCNC(=O)CCl)ccc3c2n1Cc1ccc(OP(=O)(O)O)c(C)c1. The van der Waals surface area contributed by atoms with Gasteiger partial charge in [-0.2, -0.15) is 0 Å². The molecular formula is C30H39ClN5O6P. The molecule has 0 unspecified atom stereocenters. The lowest BCUT2D eigenvalue weighted by Crippen LogP contribution is -2.26. The molecule has 43 heavy (non-hydrogen) atoms. The zero-order valence-electron chi connectivity index (χ0n) is 24.5. The van der Waals surface area contributed by atoms with Crippen LogP contribution in [0.1, 0.15) is 55.1 Å². The summed E-state index contributed by atoms with van der Waals surface area (Å²) < 4.78 is 24.0. The number of amides is 1. The Morgan fingerprint density at radius 2 is 1.84 bits per heavy atom. The van der Waals surface area contributed by atoms with Gasteiger partial charge in [-0.15, -0.1) is 11.6 Å². The summed E-state index contributed by atoms with van der Waals surface area (Å²) in [6, 6.07) is 11.5. The summed E-state index contributed by atoms with van der Waals surface area (Å²) in [5.41, 5.74) is 11.5. The van der Waals surface area contributed by atoms with E-state index in [-0.39, 0.29) is 17.5 Å². The minimum absolute atomic E-state index is 0.0335. The molecule has 232 valence electrons. The number of nitrogens with two attached hydrogens (primary N) is 1. The molecule has 13 heteroatoms. The molecule has 5 N–H and O–H groups in total. The molecular weight excluding hydrogens is 593 g/mol. The summed E-state index contributed by atoms with van der Waals surface area (Å²) in [7, 11) is -4.66. The maximum Gasteiger partial charge on any atom is 0.524 e. The zero-order chi connectivity index (χ0) is 31.0. The first kappa shape index (κ1) is 32.7. The number of carbonyl (C=O) groups is 1. The molecule has 0 bridgehead atoms. The van der Waals surface area contributed by atoms with Crippen molar-refractivity contribution in [3.8, 4) is 5.75 Å². The van der Waals surface area contributed by atoms with Crippen molar-refractivity contribution in [2.75, 3.05) is 31.4 Å². The van der Waals surface area contributed by atoms with Gasteiger partial charge in [-0.1, -0.05) is 37.6 Å². The van der Waals surface area contributed by atoms with E-state index >= 15 is 0 Å². The normalized spacial score (nSPS) is 11.8. The smallest absolute Gasteiger partial charge is 0.404 e. The maximum atomic E-state index is 11.3. The predicted octanol–water partition coefficient (Wildman–Crippen LogP) is 5.03. The van der Waals surface area contributed by atoms with Crippen molar-refractivity contribution >= 4 is 53.1 Å². The number of nitrogens with zero attached hydrogens (tertiary/aromatic N) is 3. The fourth-order valence-electron chi connectivity index (χ4n) is 5.01. The van der Waals surface area contributed by atoms with Crippen LogP contribution in [-0.4, -0.2) is 55.9 Å². The summed E-state index contributed by atoms with van der Waals surface area (Å²) in [6.45, 7) is 6.12. The van der Waals surface area contributed by atoms with Crippen LogP contribution in [-0.2, 0) is 33.5 Å². The number of phosphoric ester groups is 1. The number of unbranched alkanes of at least 4 members (excludes halogenated alkanes) is 1. The number of fused-ring (bicyclic) bond motifs is 3. The number of carbonyl (C=O) groups excluding carboxylic acids is 1. The Morgan fingerprint density at radius 3 is 2.56 bits per heavy atom. The molecule has 0 aliphatic rings. The lowest BCUT2D eigenvalue weighted by atomic mass is 10.1. The Morgan fingerprint density at radius 1 is 1.07 bits per heavy atom. The van der Waals surface area contributed by atoms with Gasteiger partial charge in [0.25, 0.3) is 0 Å². The van der Waals surface area contributed by atoms with Crippen molar-refractivity contribution in [1.29, 1.82) is 0 Å². The molecule has 0 atom stereocenters. The van der Waals surface area contributed by atoms with Crippen LogP contribution < -0.4 is 15.6 Å². The van der Waals surface area contributed by atoms with Gasteiger partial charge in [0.2, 0.25) is 5.91 Å². The van der Waals surface area contributed by atoms with Crippen LogP contribution in [0.5, 0.6) is 5.75 Å². The molecule has 4 rings (SSSR count). The third-order valence-corrected chi connectivity index (χ3v) is 7.74. The fourth-order valence-corrected chi connectivity index (χ4v) is 5.56. The van der Waals surface area contributed by atoms with E-state index in [0.717, 1.165) is 71.9 Å². The predicted molar refractivity (Wildman–Crippen MR) is 168 cm³/mol. The van der Waals surface area contributed by atoms with E-state index in [1.165, 1.54) is 0 Å². The third kappa shape index (κ3) is 8.90.